The smallest absolute Gasteiger partial charge is 0.256 e. The highest BCUT2D eigenvalue weighted by atomic mass is 16.5. The molecule has 1 atom stereocenters. The Morgan fingerprint density at radius 1 is 1.16 bits per heavy atom. The fraction of sp³-hybridized carbons (Fsp3) is 0.478. The van der Waals surface area contributed by atoms with Crippen LogP contribution in [0.25, 0.3) is 0 Å². The zero-order valence-corrected chi connectivity index (χ0v) is 18.4. The predicted octanol–water partition coefficient (Wildman–Crippen LogP) is 1.68. The standard InChI is InChI=1S/C23H28N4O5/c1-31-14-20(28)26-12-10-18-17(13-26)22(29)25-21(24-18)19-5-3-4-11-27(19)23(30)15-6-8-16(32-2)9-7-15/h6-9,19H,3-5,10-14H2,1-2H3,(H,24,25,29)/t19-/m1/s1. The Kier molecular flexibility index (Phi) is 6.55. The van der Waals surface area contributed by atoms with Crippen LogP contribution in [0.1, 0.15) is 52.7 Å². The van der Waals surface area contributed by atoms with Crippen LogP contribution < -0.4 is 10.3 Å². The number of nitrogens with zero attached hydrogens (tertiary/aromatic N) is 3. The van der Waals surface area contributed by atoms with Gasteiger partial charge in [0.05, 0.1) is 31.0 Å². The van der Waals surface area contributed by atoms with Gasteiger partial charge >= 0.3 is 0 Å². The molecule has 2 aliphatic rings. The van der Waals surface area contributed by atoms with E-state index in [0.29, 0.717) is 47.9 Å². The minimum atomic E-state index is -0.287. The van der Waals surface area contributed by atoms with Gasteiger partial charge in [-0.1, -0.05) is 0 Å². The van der Waals surface area contributed by atoms with E-state index in [2.05, 4.69) is 4.98 Å². The van der Waals surface area contributed by atoms with E-state index < -0.39 is 0 Å². The summed E-state index contributed by atoms with van der Waals surface area (Å²) in [6.45, 7) is 1.31. The number of carbonyl (C=O) groups excluding carboxylic acids is 2. The van der Waals surface area contributed by atoms with Crippen LogP contribution >= 0.6 is 0 Å². The van der Waals surface area contributed by atoms with Gasteiger partial charge in [-0.2, -0.15) is 0 Å². The normalized spacial score (nSPS) is 18.2. The average Bonchev–Trinajstić information content (AvgIpc) is 2.83. The number of methoxy groups -OCH3 is 2. The van der Waals surface area contributed by atoms with Crippen LogP contribution in [0.5, 0.6) is 5.75 Å². The highest BCUT2D eigenvalue weighted by Gasteiger charge is 2.32. The first-order valence-electron chi connectivity index (χ1n) is 10.9. The topological polar surface area (TPSA) is 105 Å². The van der Waals surface area contributed by atoms with Crippen molar-refractivity contribution in [3.05, 3.63) is 57.3 Å². The van der Waals surface area contributed by atoms with Crippen LogP contribution in [0.15, 0.2) is 29.1 Å². The molecule has 1 aromatic heterocycles. The highest BCUT2D eigenvalue weighted by Crippen LogP contribution is 2.31. The van der Waals surface area contributed by atoms with Crippen molar-refractivity contribution in [2.75, 3.05) is 33.9 Å². The summed E-state index contributed by atoms with van der Waals surface area (Å²) < 4.78 is 10.1. The summed E-state index contributed by atoms with van der Waals surface area (Å²) in [5, 5.41) is 0. The monoisotopic (exact) mass is 440 g/mol. The van der Waals surface area contributed by atoms with Crippen molar-refractivity contribution in [2.24, 2.45) is 0 Å². The minimum Gasteiger partial charge on any atom is -0.497 e. The van der Waals surface area contributed by atoms with Crippen LogP contribution in [-0.4, -0.2) is 65.5 Å². The quantitative estimate of drug-likeness (QED) is 0.759. The lowest BCUT2D eigenvalue weighted by Crippen LogP contribution is -2.43. The number of ether oxygens (including phenoxy) is 2. The van der Waals surface area contributed by atoms with E-state index in [1.54, 1.807) is 41.2 Å². The maximum Gasteiger partial charge on any atom is 0.256 e. The molecule has 2 aromatic rings. The number of likely N-dealkylation sites (tertiary alicyclic amines) is 1. The van der Waals surface area contributed by atoms with Crippen molar-refractivity contribution in [1.82, 2.24) is 19.8 Å². The van der Waals surface area contributed by atoms with Gasteiger partial charge in [-0.15, -0.1) is 0 Å². The first kappa shape index (κ1) is 22.0. The lowest BCUT2D eigenvalue weighted by atomic mass is 9.99. The van der Waals surface area contributed by atoms with E-state index in [1.807, 2.05) is 0 Å². The van der Waals surface area contributed by atoms with Crippen LogP contribution in [-0.2, 0) is 22.5 Å². The number of nitrogens with one attached hydrogen (secondary N) is 1. The van der Waals surface area contributed by atoms with Crippen molar-refractivity contribution in [1.29, 1.82) is 0 Å². The van der Waals surface area contributed by atoms with Crippen molar-refractivity contribution >= 4 is 11.8 Å². The zero-order chi connectivity index (χ0) is 22.7. The van der Waals surface area contributed by atoms with Crippen LogP contribution in [0.2, 0.25) is 0 Å². The summed E-state index contributed by atoms with van der Waals surface area (Å²) in [6.07, 6.45) is 3.10. The number of H-pyrrole nitrogens is 1. The van der Waals surface area contributed by atoms with E-state index >= 15 is 0 Å². The minimum absolute atomic E-state index is 0.0107. The Hall–Kier alpha value is -3.20. The second kappa shape index (κ2) is 9.52. The molecule has 1 saturated heterocycles. The number of hydrogen-bond donors (Lipinski definition) is 1. The number of rotatable bonds is 5. The maximum atomic E-state index is 13.2. The predicted molar refractivity (Wildman–Crippen MR) is 116 cm³/mol. The molecule has 0 saturated carbocycles. The highest BCUT2D eigenvalue weighted by molar-refractivity contribution is 5.94. The van der Waals surface area contributed by atoms with E-state index in [1.165, 1.54) is 7.11 Å². The molecule has 32 heavy (non-hydrogen) atoms. The third kappa shape index (κ3) is 4.38. The molecule has 0 radical (unpaired) electrons. The van der Waals surface area contributed by atoms with Gasteiger partial charge in [-0.05, 0) is 43.5 Å². The van der Waals surface area contributed by atoms with Gasteiger partial charge in [0.15, 0.2) is 0 Å². The second-order valence-electron chi connectivity index (χ2n) is 8.11. The lowest BCUT2D eigenvalue weighted by Gasteiger charge is -2.36. The Labute approximate surface area is 186 Å². The van der Waals surface area contributed by atoms with Gasteiger partial charge in [-0.25, -0.2) is 4.98 Å². The number of fused-ring (bicyclic) bond motifs is 1. The first-order chi connectivity index (χ1) is 15.5. The summed E-state index contributed by atoms with van der Waals surface area (Å²) in [5.41, 5.74) is 1.54. The molecule has 1 aromatic carbocycles. The van der Waals surface area contributed by atoms with Crippen LogP contribution in [0.3, 0.4) is 0 Å². The zero-order valence-electron chi connectivity index (χ0n) is 18.4. The number of hydrogen-bond acceptors (Lipinski definition) is 6. The molecule has 3 heterocycles. The number of piperidine rings is 1. The number of aromatic nitrogens is 2. The Balaban J connectivity index is 1.59. The third-order valence-corrected chi connectivity index (χ3v) is 6.12. The largest absolute Gasteiger partial charge is 0.497 e. The number of carbonyl (C=O) groups is 2. The number of amides is 2. The second-order valence-corrected chi connectivity index (χ2v) is 8.11. The summed E-state index contributed by atoms with van der Waals surface area (Å²) >= 11 is 0. The SMILES string of the molecule is COCC(=O)N1CCc2nc([C@H]3CCCCN3C(=O)c3ccc(OC)cc3)[nH]c(=O)c2C1. The van der Waals surface area contributed by atoms with E-state index in [9.17, 15) is 14.4 Å². The molecule has 0 aliphatic carbocycles. The van der Waals surface area contributed by atoms with Gasteiger partial charge in [0.25, 0.3) is 11.5 Å². The molecule has 0 unspecified atom stereocenters. The molecule has 9 heteroatoms. The Bertz CT molecular complexity index is 1050. The van der Waals surface area contributed by atoms with Gasteiger partial charge in [0.1, 0.15) is 18.2 Å². The fourth-order valence-corrected chi connectivity index (χ4v) is 4.39. The number of benzene rings is 1. The van der Waals surface area contributed by atoms with E-state index in [4.69, 9.17) is 14.5 Å². The van der Waals surface area contributed by atoms with Gasteiger partial charge in [0, 0.05) is 32.2 Å². The molecular formula is C23H28N4O5. The van der Waals surface area contributed by atoms with Gasteiger partial charge in [0.2, 0.25) is 5.91 Å². The molecule has 0 spiro atoms. The summed E-state index contributed by atoms with van der Waals surface area (Å²) in [7, 11) is 3.06. The van der Waals surface area contributed by atoms with Crippen molar-refractivity contribution in [3.8, 4) is 5.75 Å². The van der Waals surface area contributed by atoms with E-state index in [-0.39, 0.29) is 36.6 Å². The number of aromatic amines is 1. The van der Waals surface area contributed by atoms with Crippen LogP contribution in [0.4, 0.5) is 0 Å². The van der Waals surface area contributed by atoms with Gasteiger partial charge in [-0.3, -0.25) is 14.4 Å². The average molecular weight is 441 g/mol. The third-order valence-electron chi connectivity index (χ3n) is 6.12. The summed E-state index contributed by atoms with van der Waals surface area (Å²) in [5.74, 6) is 0.974. The molecule has 1 fully saturated rings. The first-order valence-corrected chi connectivity index (χ1v) is 10.9. The molecule has 0 bridgehead atoms. The van der Waals surface area contributed by atoms with Crippen molar-refractivity contribution in [2.45, 2.75) is 38.3 Å². The molecule has 2 aliphatic heterocycles. The molecule has 2 amide bonds. The van der Waals surface area contributed by atoms with Crippen molar-refractivity contribution < 1.29 is 19.1 Å². The molecule has 9 nitrogen and oxygen atoms in total. The summed E-state index contributed by atoms with van der Waals surface area (Å²) in [4.78, 5) is 49.3. The molecule has 4 rings (SSSR count). The van der Waals surface area contributed by atoms with Gasteiger partial charge < -0.3 is 24.3 Å². The molecule has 1 N–H and O–H groups in total. The van der Waals surface area contributed by atoms with E-state index in [0.717, 1.165) is 19.3 Å². The van der Waals surface area contributed by atoms with Crippen LogP contribution in [0, 0.1) is 0 Å². The Morgan fingerprint density at radius 3 is 2.66 bits per heavy atom. The lowest BCUT2D eigenvalue weighted by molar-refractivity contribution is -0.136. The fourth-order valence-electron chi connectivity index (χ4n) is 4.39. The van der Waals surface area contributed by atoms with Crippen molar-refractivity contribution in [3.63, 3.8) is 0 Å². The Morgan fingerprint density at radius 2 is 1.94 bits per heavy atom. The summed E-state index contributed by atoms with van der Waals surface area (Å²) in [6, 6.07) is 6.75. The molecular weight excluding hydrogens is 412 g/mol. The maximum absolute atomic E-state index is 13.2. The molecule has 170 valence electrons.